The summed E-state index contributed by atoms with van der Waals surface area (Å²) < 4.78 is 6.74. The van der Waals surface area contributed by atoms with Crippen molar-refractivity contribution in [1.82, 2.24) is 14.5 Å². The number of carbonyl (C=O) groups excluding carboxylic acids is 1. The molecule has 1 aliphatic rings. The van der Waals surface area contributed by atoms with Gasteiger partial charge in [0.25, 0.3) is 5.56 Å². The number of carbonyl (C=O) groups is 1. The maximum Gasteiger partial charge on any atom is 0.261 e. The van der Waals surface area contributed by atoms with Gasteiger partial charge in [0.15, 0.2) is 0 Å². The van der Waals surface area contributed by atoms with Crippen LogP contribution in [0.1, 0.15) is 63.7 Å². The van der Waals surface area contributed by atoms with Crippen molar-refractivity contribution in [2.75, 3.05) is 20.3 Å². The first-order chi connectivity index (χ1) is 14.4. The maximum atomic E-state index is 13.2. The molecule has 6 nitrogen and oxygen atoms in total. The zero-order valence-corrected chi connectivity index (χ0v) is 19.0. The molecule has 1 heterocycles. The molecule has 1 amide bonds. The molecule has 1 fully saturated rings. The molecular formula is C23H32ClN3O3. The predicted octanol–water partition coefficient (Wildman–Crippen LogP) is 4.48. The van der Waals surface area contributed by atoms with E-state index < -0.39 is 0 Å². The molecule has 2 aromatic rings. The monoisotopic (exact) mass is 433 g/mol. The van der Waals surface area contributed by atoms with Crippen molar-refractivity contribution < 1.29 is 9.53 Å². The largest absolute Gasteiger partial charge is 0.385 e. The molecule has 7 heteroatoms. The van der Waals surface area contributed by atoms with E-state index in [1.807, 2.05) is 11.8 Å². The Bertz CT molecular complexity index is 937. The summed E-state index contributed by atoms with van der Waals surface area (Å²) in [6.45, 7) is 3.10. The first-order valence-electron chi connectivity index (χ1n) is 10.9. The second-order valence-electron chi connectivity index (χ2n) is 8.29. The molecule has 1 atom stereocenters. The molecule has 30 heavy (non-hydrogen) atoms. The molecule has 0 N–H and O–H groups in total. The van der Waals surface area contributed by atoms with E-state index in [2.05, 4.69) is 0 Å². The van der Waals surface area contributed by atoms with Crippen LogP contribution in [0.3, 0.4) is 0 Å². The van der Waals surface area contributed by atoms with Gasteiger partial charge < -0.3 is 9.64 Å². The van der Waals surface area contributed by atoms with Crippen molar-refractivity contribution in [3.8, 4) is 0 Å². The highest BCUT2D eigenvalue weighted by Gasteiger charge is 2.26. The highest BCUT2D eigenvalue weighted by molar-refractivity contribution is 6.31. The molecule has 1 unspecified atom stereocenters. The van der Waals surface area contributed by atoms with Gasteiger partial charge in [-0.25, -0.2) is 4.98 Å². The molecule has 0 spiro atoms. The number of amides is 1. The summed E-state index contributed by atoms with van der Waals surface area (Å²) in [5.74, 6) is 1.35. The number of halogens is 1. The van der Waals surface area contributed by atoms with Crippen LogP contribution in [0.25, 0.3) is 10.9 Å². The average Bonchev–Trinajstić information content (AvgIpc) is 3.25. The Hall–Kier alpha value is -1.92. The Kier molecular flexibility index (Phi) is 7.89. The van der Waals surface area contributed by atoms with Crippen LogP contribution < -0.4 is 5.56 Å². The molecule has 0 saturated heterocycles. The van der Waals surface area contributed by atoms with Crippen molar-refractivity contribution in [3.63, 3.8) is 0 Å². The van der Waals surface area contributed by atoms with Crippen molar-refractivity contribution in [2.45, 2.75) is 57.9 Å². The fraction of sp³-hybridized carbons (Fsp3) is 0.609. The summed E-state index contributed by atoms with van der Waals surface area (Å²) >= 11 is 6.12. The number of rotatable bonds is 9. The van der Waals surface area contributed by atoms with Crippen LogP contribution in [-0.4, -0.2) is 40.6 Å². The number of benzene rings is 1. The van der Waals surface area contributed by atoms with Gasteiger partial charge in [-0.2, -0.15) is 0 Å². The summed E-state index contributed by atoms with van der Waals surface area (Å²) in [5, 5.41) is 1.06. The maximum absolute atomic E-state index is 13.2. The van der Waals surface area contributed by atoms with Crippen LogP contribution in [0.15, 0.2) is 23.0 Å². The lowest BCUT2D eigenvalue weighted by molar-refractivity contribution is -0.134. The zero-order chi connectivity index (χ0) is 21.7. The van der Waals surface area contributed by atoms with Gasteiger partial charge in [-0.05, 0) is 43.9 Å². The molecule has 1 aliphatic carbocycles. The molecule has 3 rings (SSSR count). The van der Waals surface area contributed by atoms with Crippen molar-refractivity contribution in [1.29, 1.82) is 0 Å². The van der Waals surface area contributed by atoms with Crippen LogP contribution >= 0.6 is 11.6 Å². The Morgan fingerprint density at radius 1 is 1.37 bits per heavy atom. The van der Waals surface area contributed by atoms with E-state index in [0.717, 1.165) is 12.8 Å². The van der Waals surface area contributed by atoms with Gasteiger partial charge in [0.1, 0.15) is 5.82 Å². The molecule has 0 radical (unpaired) electrons. The minimum absolute atomic E-state index is 0.117. The number of hydrogen-bond donors (Lipinski definition) is 0. The number of methoxy groups -OCH3 is 1. The Labute approximate surface area is 183 Å². The third kappa shape index (κ3) is 5.22. The van der Waals surface area contributed by atoms with E-state index in [4.69, 9.17) is 21.3 Å². The minimum Gasteiger partial charge on any atom is -0.385 e. The first kappa shape index (κ1) is 22.8. The van der Waals surface area contributed by atoms with Gasteiger partial charge in [-0.15, -0.1) is 0 Å². The second kappa shape index (κ2) is 10.4. The van der Waals surface area contributed by atoms with Gasteiger partial charge in [-0.3, -0.25) is 14.2 Å². The number of nitrogens with zero attached hydrogens (tertiary/aromatic N) is 3. The smallest absolute Gasteiger partial charge is 0.261 e. The summed E-state index contributed by atoms with van der Waals surface area (Å²) in [4.78, 5) is 32.6. The normalized spacial score (nSPS) is 15.6. The van der Waals surface area contributed by atoms with E-state index in [-0.39, 0.29) is 17.5 Å². The number of fused-ring (bicyclic) bond motifs is 1. The number of hydrogen-bond acceptors (Lipinski definition) is 4. The highest BCUT2D eigenvalue weighted by Crippen LogP contribution is 2.29. The third-order valence-corrected chi connectivity index (χ3v) is 6.46. The van der Waals surface area contributed by atoms with E-state index in [9.17, 15) is 9.59 Å². The molecule has 164 valence electrons. The summed E-state index contributed by atoms with van der Waals surface area (Å²) in [5.41, 5.74) is 0.427. The van der Waals surface area contributed by atoms with Gasteiger partial charge in [0.05, 0.1) is 16.9 Å². The fourth-order valence-electron chi connectivity index (χ4n) is 4.46. The predicted molar refractivity (Wildman–Crippen MR) is 120 cm³/mol. The minimum atomic E-state index is -0.320. The summed E-state index contributed by atoms with van der Waals surface area (Å²) in [6.07, 6.45) is 7.23. The van der Waals surface area contributed by atoms with Crippen LogP contribution in [0.4, 0.5) is 0 Å². The topological polar surface area (TPSA) is 64.4 Å². The Morgan fingerprint density at radius 2 is 2.10 bits per heavy atom. The average molecular weight is 434 g/mol. The molecular weight excluding hydrogens is 402 g/mol. The van der Waals surface area contributed by atoms with Crippen molar-refractivity contribution in [2.24, 2.45) is 13.0 Å². The van der Waals surface area contributed by atoms with Crippen LogP contribution in [-0.2, 0) is 16.6 Å². The van der Waals surface area contributed by atoms with Gasteiger partial charge in [0.2, 0.25) is 5.91 Å². The van der Waals surface area contributed by atoms with Crippen molar-refractivity contribution in [3.05, 3.63) is 39.4 Å². The molecule has 0 bridgehead atoms. The van der Waals surface area contributed by atoms with Crippen LogP contribution in [0, 0.1) is 5.92 Å². The lowest BCUT2D eigenvalue weighted by Gasteiger charge is -2.30. The van der Waals surface area contributed by atoms with E-state index >= 15 is 0 Å². The fourth-order valence-corrected chi connectivity index (χ4v) is 4.62. The van der Waals surface area contributed by atoms with Gasteiger partial charge >= 0.3 is 0 Å². The first-order valence-corrected chi connectivity index (χ1v) is 11.2. The summed E-state index contributed by atoms with van der Waals surface area (Å²) in [7, 11) is 3.37. The third-order valence-electron chi connectivity index (χ3n) is 6.22. The number of aromatic nitrogens is 2. The van der Waals surface area contributed by atoms with Gasteiger partial charge in [0, 0.05) is 38.8 Å². The van der Waals surface area contributed by atoms with Gasteiger partial charge in [-0.1, -0.05) is 37.3 Å². The highest BCUT2D eigenvalue weighted by atomic mass is 35.5. The number of ether oxygens (including phenoxy) is 1. The Morgan fingerprint density at radius 3 is 2.80 bits per heavy atom. The lowest BCUT2D eigenvalue weighted by Crippen LogP contribution is -2.38. The van der Waals surface area contributed by atoms with E-state index in [1.165, 1.54) is 25.7 Å². The zero-order valence-electron chi connectivity index (χ0n) is 18.2. The Balaban J connectivity index is 1.87. The van der Waals surface area contributed by atoms with Crippen LogP contribution in [0.2, 0.25) is 5.02 Å². The SMILES string of the molecule is COCCCN(C(=O)CCC1CCCC1)C(C)c1nc2cc(Cl)ccc2c(=O)n1C. The van der Waals surface area contributed by atoms with E-state index in [0.29, 0.717) is 47.2 Å². The molecule has 1 saturated carbocycles. The quantitative estimate of drug-likeness (QED) is 0.547. The molecule has 1 aromatic carbocycles. The lowest BCUT2D eigenvalue weighted by atomic mass is 10.0. The standard InChI is InChI=1S/C23H32ClN3O3/c1-16(22-25-20-15-18(24)10-11-19(20)23(29)26(22)2)27(13-6-14-30-3)21(28)12-9-17-7-4-5-8-17/h10-11,15-17H,4-9,12-14H2,1-3H3. The second-order valence-corrected chi connectivity index (χ2v) is 8.73. The van der Waals surface area contributed by atoms with Crippen molar-refractivity contribution >= 4 is 28.4 Å². The summed E-state index contributed by atoms with van der Waals surface area (Å²) in [6, 6.07) is 4.77. The molecule has 1 aromatic heterocycles. The van der Waals surface area contributed by atoms with E-state index in [1.54, 1.807) is 36.9 Å². The molecule has 0 aliphatic heterocycles. The van der Waals surface area contributed by atoms with Crippen LogP contribution in [0.5, 0.6) is 0 Å².